The lowest BCUT2D eigenvalue weighted by Gasteiger charge is -2.39. The Balaban J connectivity index is 0.970. The van der Waals surface area contributed by atoms with E-state index in [1.807, 2.05) is 4.90 Å². The first-order valence-electron chi connectivity index (χ1n) is 25.0. The maximum absolute atomic E-state index is 14.5. The smallest absolute Gasteiger partial charge is 0.257 e. The Morgan fingerprint density at radius 1 is 0.645 bits per heavy atom. The average Bonchev–Trinajstić information content (AvgIpc) is 3.88. The third-order valence-corrected chi connectivity index (χ3v) is 20.1. The molecular weight excluding hydrogens is 870 g/mol. The normalized spacial score (nSPS) is 32.0. The maximum Gasteiger partial charge on any atom is 0.257 e. The summed E-state index contributed by atoms with van der Waals surface area (Å²) < 4.78 is 60.6. The Hall–Kier alpha value is -1.26. The number of likely N-dealkylation sites (tertiary alicyclic amines) is 1. The topological polar surface area (TPSA) is 170 Å². The molecule has 3 N–H and O–H groups in total. The van der Waals surface area contributed by atoms with Gasteiger partial charge in [0.25, 0.3) is 11.8 Å². The summed E-state index contributed by atoms with van der Waals surface area (Å²) in [7, 11) is -7.66. The number of amides is 2. The van der Waals surface area contributed by atoms with Crippen LogP contribution < -0.4 is 14.8 Å². The molecule has 356 valence electrons. The fourth-order valence-corrected chi connectivity index (χ4v) is 15.4. The van der Waals surface area contributed by atoms with Crippen molar-refractivity contribution in [2.75, 3.05) is 13.1 Å². The van der Waals surface area contributed by atoms with Crippen molar-refractivity contribution in [2.24, 2.45) is 16.3 Å². The molecule has 5 fully saturated rings. The van der Waals surface area contributed by atoms with Gasteiger partial charge in [-0.25, -0.2) is 26.3 Å². The van der Waals surface area contributed by atoms with E-state index in [9.17, 15) is 26.4 Å². The van der Waals surface area contributed by atoms with E-state index in [0.717, 1.165) is 77.0 Å². The van der Waals surface area contributed by atoms with Crippen LogP contribution in [0.15, 0.2) is 10.3 Å². The molecule has 13 nitrogen and oxygen atoms in total. The highest BCUT2D eigenvalue weighted by Gasteiger charge is 2.50. The first-order valence-corrected chi connectivity index (χ1v) is 28.9. The Kier molecular flexibility index (Phi) is 19.8. The van der Waals surface area contributed by atoms with E-state index in [2.05, 4.69) is 32.0 Å². The van der Waals surface area contributed by atoms with Crippen molar-refractivity contribution in [2.45, 2.75) is 251 Å². The number of halogens is 2. The zero-order valence-electron chi connectivity index (χ0n) is 37.6. The molecule has 0 aromatic rings. The first-order chi connectivity index (χ1) is 29.9. The lowest BCUT2D eigenvalue weighted by atomic mass is 9.85. The second kappa shape index (κ2) is 24.5. The number of sulfonamides is 2. The van der Waals surface area contributed by atoms with Gasteiger partial charge in [-0.1, -0.05) is 121 Å². The van der Waals surface area contributed by atoms with Gasteiger partial charge in [0.15, 0.2) is 0 Å². The second-order valence-electron chi connectivity index (χ2n) is 19.7. The first kappa shape index (κ1) is 50.2. The van der Waals surface area contributed by atoms with Crippen molar-refractivity contribution in [3.8, 4) is 0 Å². The maximum atomic E-state index is 14.5. The highest BCUT2D eigenvalue weighted by atomic mass is 35.5. The minimum atomic E-state index is -3.99. The van der Waals surface area contributed by atoms with Crippen LogP contribution in [0, 0.1) is 5.92 Å². The van der Waals surface area contributed by atoms with Gasteiger partial charge >= 0.3 is 0 Å². The molecule has 11 atom stereocenters. The molecule has 62 heavy (non-hydrogen) atoms. The predicted molar refractivity (Wildman–Crippen MR) is 248 cm³/mol. The molecule has 2 amide bonds. The van der Waals surface area contributed by atoms with Gasteiger partial charge in [-0.15, -0.1) is 23.2 Å². The van der Waals surface area contributed by atoms with Crippen molar-refractivity contribution < 1.29 is 26.4 Å². The number of nitrogens with one attached hydrogen (secondary N) is 3. The van der Waals surface area contributed by atoms with Crippen molar-refractivity contribution in [1.82, 2.24) is 24.7 Å². The highest BCUT2D eigenvalue weighted by molar-refractivity contribution is 7.90. The molecule has 17 heteroatoms. The van der Waals surface area contributed by atoms with Crippen LogP contribution in [0.1, 0.15) is 193 Å². The zero-order chi connectivity index (χ0) is 44.1. The summed E-state index contributed by atoms with van der Waals surface area (Å²) in [6.45, 7) is 3.24. The Bertz CT molecular complexity index is 1680. The zero-order valence-corrected chi connectivity index (χ0v) is 40.7. The van der Waals surface area contributed by atoms with Crippen LogP contribution in [0.4, 0.5) is 0 Å². The highest BCUT2D eigenvalue weighted by Crippen LogP contribution is 2.39. The Labute approximate surface area is 384 Å². The molecule has 4 aliphatic carbocycles. The molecule has 0 aromatic carbocycles. The third kappa shape index (κ3) is 13.7. The molecule has 2 aliphatic heterocycles. The summed E-state index contributed by atoms with van der Waals surface area (Å²) in [6, 6.07) is -2.72. The molecule has 6 rings (SSSR count). The number of hydrogen-bond donors (Lipinski definition) is 3. The van der Waals surface area contributed by atoms with Crippen LogP contribution in [-0.4, -0.2) is 109 Å². The van der Waals surface area contributed by atoms with Gasteiger partial charge in [0.1, 0.15) is 0 Å². The van der Waals surface area contributed by atoms with Gasteiger partial charge in [-0.2, -0.15) is 5.11 Å². The number of alkyl halides is 2. The number of nitrogens with zero attached hydrogens (tertiary/aromatic N) is 4. The summed E-state index contributed by atoms with van der Waals surface area (Å²) in [5, 5.41) is 10.9. The van der Waals surface area contributed by atoms with Crippen LogP contribution in [0.2, 0.25) is 0 Å². The van der Waals surface area contributed by atoms with Crippen LogP contribution in [0.25, 0.3) is 0 Å². The number of hydrogen-bond acceptors (Lipinski definition) is 9. The third-order valence-electron chi connectivity index (χ3n) is 15.2. The quantitative estimate of drug-likeness (QED) is 0.0494. The molecule has 4 saturated carbocycles. The van der Waals surface area contributed by atoms with Gasteiger partial charge in [-0.3, -0.25) is 14.6 Å². The van der Waals surface area contributed by atoms with Crippen LogP contribution in [0.3, 0.4) is 0 Å². The molecule has 0 radical (unpaired) electrons. The summed E-state index contributed by atoms with van der Waals surface area (Å²) in [6.07, 6.45) is 27.6. The van der Waals surface area contributed by atoms with Crippen LogP contribution in [0.5, 0.6) is 0 Å². The molecule has 6 aliphatic rings. The van der Waals surface area contributed by atoms with Gasteiger partial charge in [0, 0.05) is 31.2 Å². The number of rotatable bonds is 24. The number of carbonyl (C=O) groups is 2. The van der Waals surface area contributed by atoms with Crippen molar-refractivity contribution >= 4 is 55.1 Å². The van der Waals surface area contributed by atoms with E-state index in [1.165, 1.54) is 70.6 Å². The minimum Gasteiger partial charge on any atom is -0.350 e. The van der Waals surface area contributed by atoms with Crippen molar-refractivity contribution in [3.63, 3.8) is 0 Å². The molecule has 0 spiro atoms. The largest absolute Gasteiger partial charge is 0.350 e. The Morgan fingerprint density at radius 3 is 1.85 bits per heavy atom. The minimum absolute atomic E-state index is 0.0475. The summed E-state index contributed by atoms with van der Waals surface area (Å²) in [5.74, 6) is -0.312. The average molecular weight is 949 g/mol. The summed E-state index contributed by atoms with van der Waals surface area (Å²) in [5.41, 5.74) is 0. The van der Waals surface area contributed by atoms with Gasteiger partial charge < -0.3 is 10.2 Å². The Morgan fingerprint density at radius 2 is 1.19 bits per heavy atom. The fourth-order valence-electron chi connectivity index (χ4n) is 11.4. The molecule has 11 unspecified atom stereocenters. The molecule has 2 heterocycles. The fraction of sp³-hybridized carbons (Fsp3) is 0.956. The van der Waals surface area contributed by atoms with Gasteiger partial charge in [-0.05, 0) is 83.0 Å². The lowest BCUT2D eigenvalue weighted by molar-refractivity contribution is -0.147. The van der Waals surface area contributed by atoms with Gasteiger partial charge in [0.2, 0.25) is 26.1 Å². The molecular formula is C45H79Cl2N7O6S2. The second-order valence-corrected chi connectivity index (χ2v) is 24.8. The monoisotopic (exact) mass is 947 g/mol. The van der Waals surface area contributed by atoms with E-state index in [-0.39, 0.29) is 43.3 Å². The van der Waals surface area contributed by atoms with Crippen LogP contribution >= 0.6 is 23.2 Å². The number of unbranched alkanes of at least 4 members (excludes halogenated alkanes) is 13. The molecule has 1 saturated heterocycles. The predicted octanol–water partition coefficient (Wildman–Crippen LogP) is 8.63. The van der Waals surface area contributed by atoms with E-state index in [0.29, 0.717) is 38.3 Å². The SMILES string of the molecule is CCCCCCCCCCCCCCCCNS(=O)(=O)C1CCC(Cl)C(NS(=O)(=O)C2CCC(Cl)C(NC(=O)C(C(=O)N3CCC4CCCCC43)N3N=NC4CCCCC43)C2)C1. The molecule has 0 aromatic heterocycles. The van der Waals surface area contributed by atoms with Crippen molar-refractivity contribution in [1.29, 1.82) is 0 Å². The number of carbonyl (C=O) groups excluding carboxylic acids is 2. The van der Waals surface area contributed by atoms with Crippen molar-refractivity contribution in [3.05, 3.63) is 0 Å². The van der Waals surface area contributed by atoms with E-state index < -0.39 is 65.3 Å². The van der Waals surface area contributed by atoms with E-state index in [1.54, 1.807) is 5.01 Å². The van der Waals surface area contributed by atoms with E-state index in [4.69, 9.17) is 23.2 Å². The summed E-state index contributed by atoms with van der Waals surface area (Å²) in [4.78, 5) is 30.9. The number of fused-ring (bicyclic) bond motifs is 2. The molecule has 0 bridgehead atoms. The van der Waals surface area contributed by atoms with E-state index >= 15 is 0 Å². The van der Waals surface area contributed by atoms with Gasteiger partial charge in [0.05, 0.1) is 33.3 Å². The van der Waals surface area contributed by atoms with Crippen LogP contribution in [-0.2, 0) is 29.6 Å². The lowest BCUT2D eigenvalue weighted by Crippen LogP contribution is -2.61. The standard InChI is InChI=1S/C45H79Cl2N7O6S2/c1-2-3-4-5-6-7-8-9-10-11-12-13-14-19-29-48-61(57,58)34-24-27-37(47)40(32-34)51-62(59,60)35-25-26-36(46)39(31-35)49-44(55)43(54-42-23-18-16-21-38(42)50-52-54)45(56)53-30-28-33-20-15-17-22-41(33)53/h33-43,48,51H,2-32H2,1H3,(H,49,55). The summed E-state index contributed by atoms with van der Waals surface area (Å²) >= 11 is 13.5.